The molecule has 0 aliphatic rings. The van der Waals surface area contributed by atoms with Crippen LogP contribution in [0.15, 0.2) is 30.3 Å². The van der Waals surface area contributed by atoms with Crippen LogP contribution in [0.25, 0.3) is 0 Å². The van der Waals surface area contributed by atoms with E-state index in [1.54, 1.807) is 0 Å². The Balaban J connectivity index is 2.56. The van der Waals surface area contributed by atoms with Crippen molar-refractivity contribution in [2.45, 2.75) is 46.0 Å². The van der Waals surface area contributed by atoms with Crippen molar-refractivity contribution >= 4 is 12.7 Å². The highest BCUT2D eigenvalue weighted by atomic mass is 31.2. The molecule has 1 aromatic carbocycles. The Hall–Kier alpha value is -0.590. The number of hydrogen-bond donors (Lipinski definition) is 0. The minimum absolute atomic E-state index is 0.515. The Morgan fingerprint density at radius 2 is 1.67 bits per heavy atom. The third kappa shape index (κ3) is 4.96. The van der Waals surface area contributed by atoms with Crippen molar-refractivity contribution in [3.63, 3.8) is 0 Å². The zero-order valence-electron chi connectivity index (χ0n) is 11.6. The van der Waals surface area contributed by atoms with Crippen LogP contribution in [-0.2, 0) is 9.09 Å². The molecule has 102 valence electrons. The monoisotopic (exact) mass is 268 g/mol. The first-order valence-corrected chi connectivity index (χ1v) is 8.83. The minimum Gasteiger partial charge on any atom is -0.326 e. The van der Waals surface area contributed by atoms with Gasteiger partial charge in [0, 0.05) is 11.5 Å². The molecule has 0 saturated heterocycles. The fourth-order valence-electron chi connectivity index (χ4n) is 2.06. The number of benzene rings is 1. The van der Waals surface area contributed by atoms with E-state index in [-0.39, 0.29) is 0 Å². The molecule has 0 heterocycles. The SMILES string of the molecule is CCCCCCCP(=O)(OCC)c1ccccc1. The molecule has 0 spiro atoms. The quantitative estimate of drug-likeness (QED) is 0.483. The van der Waals surface area contributed by atoms with Gasteiger partial charge in [-0.2, -0.15) is 0 Å². The average Bonchev–Trinajstić information content (AvgIpc) is 2.40. The molecule has 2 nitrogen and oxygen atoms in total. The molecule has 3 heteroatoms. The molecule has 1 rings (SSSR count). The van der Waals surface area contributed by atoms with Crippen molar-refractivity contribution in [3.05, 3.63) is 30.3 Å². The highest BCUT2D eigenvalue weighted by Crippen LogP contribution is 2.46. The highest BCUT2D eigenvalue weighted by molar-refractivity contribution is 7.67. The van der Waals surface area contributed by atoms with Crippen LogP contribution in [0.2, 0.25) is 0 Å². The molecule has 0 aliphatic heterocycles. The van der Waals surface area contributed by atoms with E-state index < -0.39 is 7.37 Å². The van der Waals surface area contributed by atoms with Gasteiger partial charge in [0.1, 0.15) is 0 Å². The van der Waals surface area contributed by atoms with Crippen LogP contribution in [0.3, 0.4) is 0 Å². The van der Waals surface area contributed by atoms with E-state index in [0.717, 1.165) is 18.1 Å². The van der Waals surface area contributed by atoms with Gasteiger partial charge in [0.25, 0.3) is 0 Å². The van der Waals surface area contributed by atoms with Crippen LogP contribution in [-0.4, -0.2) is 12.8 Å². The van der Waals surface area contributed by atoms with Gasteiger partial charge in [0.05, 0.1) is 6.61 Å². The molecule has 18 heavy (non-hydrogen) atoms. The molecule has 1 atom stereocenters. The first kappa shape index (κ1) is 15.5. The van der Waals surface area contributed by atoms with E-state index >= 15 is 0 Å². The lowest BCUT2D eigenvalue weighted by molar-refractivity contribution is 0.339. The largest absolute Gasteiger partial charge is 0.326 e. The number of rotatable bonds is 9. The Morgan fingerprint density at radius 1 is 1.00 bits per heavy atom. The zero-order chi connectivity index (χ0) is 13.3. The summed E-state index contributed by atoms with van der Waals surface area (Å²) in [6, 6.07) is 9.64. The molecule has 0 N–H and O–H groups in total. The molecule has 1 unspecified atom stereocenters. The van der Waals surface area contributed by atoms with Crippen molar-refractivity contribution in [1.82, 2.24) is 0 Å². The van der Waals surface area contributed by atoms with Crippen LogP contribution >= 0.6 is 7.37 Å². The Kier molecular flexibility index (Phi) is 7.31. The molecule has 0 saturated carbocycles. The van der Waals surface area contributed by atoms with Gasteiger partial charge in [0.15, 0.2) is 0 Å². The summed E-state index contributed by atoms with van der Waals surface area (Å²) in [4.78, 5) is 0. The first-order valence-electron chi connectivity index (χ1n) is 7.02. The molecule has 0 radical (unpaired) electrons. The van der Waals surface area contributed by atoms with Crippen molar-refractivity contribution in [2.75, 3.05) is 12.8 Å². The van der Waals surface area contributed by atoms with E-state index in [9.17, 15) is 4.57 Å². The minimum atomic E-state index is -2.62. The van der Waals surface area contributed by atoms with Crippen molar-refractivity contribution in [1.29, 1.82) is 0 Å². The predicted octanol–water partition coefficient (Wildman–Crippen LogP) is 4.60. The third-order valence-electron chi connectivity index (χ3n) is 3.04. The summed E-state index contributed by atoms with van der Waals surface area (Å²) in [6.45, 7) is 4.63. The van der Waals surface area contributed by atoms with Gasteiger partial charge in [-0.05, 0) is 25.5 Å². The normalized spacial score (nSPS) is 14.3. The maximum Gasteiger partial charge on any atom is 0.232 e. The van der Waals surface area contributed by atoms with E-state index in [1.165, 1.54) is 19.3 Å². The lowest BCUT2D eigenvalue weighted by Crippen LogP contribution is -2.10. The van der Waals surface area contributed by atoms with Crippen LogP contribution in [0.5, 0.6) is 0 Å². The van der Waals surface area contributed by atoms with Crippen LogP contribution in [0.4, 0.5) is 0 Å². The smallest absolute Gasteiger partial charge is 0.232 e. The van der Waals surface area contributed by atoms with E-state index in [2.05, 4.69) is 6.92 Å². The highest BCUT2D eigenvalue weighted by Gasteiger charge is 2.24. The van der Waals surface area contributed by atoms with Crippen molar-refractivity contribution < 1.29 is 9.09 Å². The average molecular weight is 268 g/mol. The summed E-state index contributed by atoms with van der Waals surface area (Å²) >= 11 is 0. The van der Waals surface area contributed by atoms with Crippen molar-refractivity contribution in [2.24, 2.45) is 0 Å². The summed E-state index contributed by atoms with van der Waals surface area (Å²) in [5, 5.41) is 0.863. The lowest BCUT2D eigenvalue weighted by atomic mass is 10.2. The van der Waals surface area contributed by atoms with E-state index in [4.69, 9.17) is 4.52 Å². The summed E-state index contributed by atoms with van der Waals surface area (Å²) in [5.74, 6) is 0. The van der Waals surface area contributed by atoms with Gasteiger partial charge in [-0.1, -0.05) is 50.8 Å². The second kappa shape index (κ2) is 8.50. The molecule has 0 aromatic heterocycles. The number of hydrogen-bond acceptors (Lipinski definition) is 2. The zero-order valence-corrected chi connectivity index (χ0v) is 12.5. The van der Waals surface area contributed by atoms with Gasteiger partial charge in [0.2, 0.25) is 7.37 Å². The summed E-state index contributed by atoms with van der Waals surface area (Å²) < 4.78 is 18.4. The molecule has 0 amide bonds. The number of unbranched alkanes of at least 4 members (excludes halogenated alkanes) is 4. The molecular weight excluding hydrogens is 243 g/mol. The fourth-order valence-corrected chi connectivity index (χ4v) is 4.28. The standard InChI is InChI=1S/C15H25O2P/c1-3-5-6-7-11-14-18(16,17-4-2)15-12-9-8-10-13-15/h8-10,12-13H,3-7,11,14H2,1-2H3. The van der Waals surface area contributed by atoms with Gasteiger partial charge in [-0.15, -0.1) is 0 Å². The molecule has 0 bridgehead atoms. The van der Waals surface area contributed by atoms with Gasteiger partial charge in [-0.25, -0.2) is 0 Å². The van der Waals surface area contributed by atoms with Gasteiger partial charge >= 0.3 is 0 Å². The van der Waals surface area contributed by atoms with Crippen LogP contribution in [0.1, 0.15) is 46.0 Å². The molecule has 0 fully saturated rings. The summed E-state index contributed by atoms with van der Waals surface area (Å²) in [6.07, 6.45) is 6.56. The second-order valence-corrected chi connectivity index (χ2v) is 7.13. The van der Waals surface area contributed by atoms with Crippen molar-refractivity contribution in [3.8, 4) is 0 Å². The maximum atomic E-state index is 12.8. The predicted molar refractivity (Wildman–Crippen MR) is 78.9 cm³/mol. The molecule has 1 aromatic rings. The topological polar surface area (TPSA) is 26.3 Å². The summed E-state index contributed by atoms with van der Waals surface area (Å²) in [5.41, 5.74) is 0. The van der Waals surface area contributed by atoms with Gasteiger partial charge in [-0.3, -0.25) is 4.57 Å². The van der Waals surface area contributed by atoms with E-state index in [0.29, 0.717) is 12.8 Å². The molecular formula is C15H25O2P. The van der Waals surface area contributed by atoms with Crippen LogP contribution < -0.4 is 5.30 Å². The molecule has 0 aliphatic carbocycles. The Bertz CT molecular complexity index is 362. The van der Waals surface area contributed by atoms with Crippen LogP contribution in [0, 0.1) is 0 Å². The Morgan fingerprint density at radius 3 is 2.28 bits per heavy atom. The first-order chi connectivity index (χ1) is 8.73. The Labute approximate surface area is 111 Å². The van der Waals surface area contributed by atoms with Gasteiger partial charge < -0.3 is 4.52 Å². The fraction of sp³-hybridized carbons (Fsp3) is 0.600. The summed E-state index contributed by atoms with van der Waals surface area (Å²) in [7, 11) is -2.62. The maximum absolute atomic E-state index is 12.8. The lowest BCUT2D eigenvalue weighted by Gasteiger charge is -2.18. The second-order valence-electron chi connectivity index (χ2n) is 4.56. The van der Waals surface area contributed by atoms with E-state index in [1.807, 2.05) is 37.3 Å². The third-order valence-corrected chi connectivity index (χ3v) is 5.71.